The van der Waals surface area contributed by atoms with Crippen molar-refractivity contribution in [2.45, 2.75) is 33.3 Å². The maximum absolute atomic E-state index is 10.8. The van der Waals surface area contributed by atoms with Gasteiger partial charge < -0.3 is 14.4 Å². The lowest BCUT2D eigenvalue weighted by Crippen LogP contribution is -2.05. The van der Waals surface area contributed by atoms with Gasteiger partial charge in [0.2, 0.25) is 0 Å². The molecular formula is C22H22ClNO3. The Kier molecular flexibility index (Phi) is 5.87. The van der Waals surface area contributed by atoms with Gasteiger partial charge in [-0.15, -0.1) is 0 Å². The van der Waals surface area contributed by atoms with E-state index in [4.69, 9.17) is 21.4 Å². The van der Waals surface area contributed by atoms with Crippen LogP contribution in [0, 0.1) is 13.8 Å². The van der Waals surface area contributed by atoms with Crippen molar-refractivity contribution in [1.82, 2.24) is 4.57 Å². The van der Waals surface area contributed by atoms with Crippen LogP contribution in [-0.4, -0.2) is 15.6 Å². The molecule has 1 N–H and O–H groups in total. The first kappa shape index (κ1) is 19.1. The molecule has 0 radical (unpaired) electrons. The Balaban J connectivity index is 1.74. The molecular weight excluding hydrogens is 362 g/mol. The average Bonchev–Trinajstić information content (AvgIpc) is 3.11. The van der Waals surface area contributed by atoms with Gasteiger partial charge in [-0.3, -0.25) is 4.79 Å². The molecule has 0 saturated heterocycles. The molecule has 0 amide bonds. The van der Waals surface area contributed by atoms with Gasteiger partial charge in [0, 0.05) is 23.3 Å². The number of carboxylic acids is 1. The van der Waals surface area contributed by atoms with E-state index in [1.807, 2.05) is 68.6 Å². The fourth-order valence-corrected chi connectivity index (χ4v) is 3.19. The van der Waals surface area contributed by atoms with Crippen molar-refractivity contribution in [3.63, 3.8) is 0 Å². The molecule has 5 heteroatoms. The lowest BCUT2D eigenvalue weighted by Gasteiger charge is -2.15. The van der Waals surface area contributed by atoms with Crippen LogP contribution in [0.15, 0.2) is 54.7 Å². The Morgan fingerprint density at radius 2 is 1.81 bits per heavy atom. The minimum Gasteiger partial charge on any atom is -0.487 e. The van der Waals surface area contributed by atoms with Gasteiger partial charge in [0.15, 0.2) is 0 Å². The zero-order chi connectivity index (χ0) is 19.4. The summed E-state index contributed by atoms with van der Waals surface area (Å²) in [7, 11) is 0. The molecule has 0 spiro atoms. The molecule has 0 atom stereocenters. The van der Waals surface area contributed by atoms with Gasteiger partial charge in [-0.05, 0) is 79.4 Å². The molecule has 0 unspecified atom stereocenters. The molecule has 1 aromatic heterocycles. The normalized spacial score (nSPS) is 10.8. The monoisotopic (exact) mass is 383 g/mol. The summed E-state index contributed by atoms with van der Waals surface area (Å²) in [5, 5.41) is 9.59. The highest BCUT2D eigenvalue weighted by atomic mass is 35.5. The molecule has 0 saturated carbocycles. The second kappa shape index (κ2) is 8.31. The molecule has 140 valence electrons. The van der Waals surface area contributed by atoms with Crippen LogP contribution in [0.1, 0.15) is 28.8 Å². The Morgan fingerprint density at radius 1 is 1.07 bits per heavy atom. The number of aliphatic carboxylic acids is 1. The number of rotatable bonds is 7. The highest BCUT2D eigenvalue weighted by Gasteiger charge is 2.10. The number of nitrogens with zero attached hydrogens (tertiary/aromatic N) is 1. The quantitative estimate of drug-likeness (QED) is 0.598. The summed E-state index contributed by atoms with van der Waals surface area (Å²) in [4.78, 5) is 10.8. The standard InChI is InChI=1S/C22H22ClNO3/c1-15-16(2)21(11-5-17(15)6-12-22(25)26)27-14-20-4-3-13-24(20)19-9-7-18(23)8-10-19/h3-5,7-11,13H,6,12,14H2,1-2H3,(H,25,26). The molecule has 27 heavy (non-hydrogen) atoms. The fourth-order valence-electron chi connectivity index (χ4n) is 3.06. The SMILES string of the molecule is Cc1c(CCC(=O)O)ccc(OCc2cccn2-c2ccc(Cl)cc2)c1C. The minimum absolute atomic E-state index is 0.134. The van der Waals surface area contributed by atoms with E-state index in [0.29, 0.717) is 18.1 Å². The van der Waals surface area contributed by atoms with Gasteiger partial charge in [0.05, 0.1) is 5.69 Å². The summed E-state index contributed by atoms with van der Waals surface area (Å²) in [6.45, 7) is 4.45. The van der Waals surface area contributed by atoms with E-state index in [9.17, 15) is 4.79 Å². The Bertz CT molecular complexity index is 945. The predicted molar refractivity (Wildman–Crippen MR) is 107 cm³/mol. The van der Waals surface area contributed by atoms with Crippen LogP contribution in [0.4, 0.5) is 0 Å². The molecule has 0 aliphatic heterocycles. The van der Waals surface area contributed by atoms with Crippen molar-refractivity contribution in [2.75, 3.05) is 0 Å². The number of aryl methyl sites for hydroxylation is 1. The number of carbonyl (C=O) groups is 1. The minimum atomic E-state index is -0.782. The first-order valence-electron chi connectivity index (χ1n) is 8.81. The van der Waals surface area contributed by atoms with Crippen molar-refractivity contribution >= 4 is 17.6 Å². The molecule has 4 nitrogen and oxygen atoms in total. The first-order valence-corrected chi connectivity index (χ1v) is 9.19. The summed E-state index contributed by atoms with van der Waals surface area (Å²) in [6.07, 6.45) is 2.66. The lowest BCUT2D eigenvalue weighted by molar-refractivity contribution is -0.136. The number of hydrogen-bond donors (Lipinski definition) is 1. The van der Waals surface area contributed by atoms with Gasteiger partial charge in [-0.2, -0.15) is 0 Å². The van der Waals surface area contributed by atoms with Crippen LogP contribution in [0.2, 0.25) is 5.02 Å². The molecule has 3 rings (SSSR count). The van der Waals surface area contributed by atoms with E-state index < -0.39 is 5.97 Å². The third-order valence-corrected chi connectivity index (χ3v) is 5.02. The second-order valence-electron chi connectivity index (χ2n) is 6.50. The van der Waals surface area contributed by atoms with Crippen LogP contribution in [0.25, 0.3) is 5.69 Å². The third-order valence-electron chi connectivity index (χ3n) is 4.77. The van der Waals surface area contributed by atoms with Crippen molar-refractivity contribution in [1.29, 1.82) is 0 Å². The van der Waals surface area contributed by atoms with Crippen LogP contribution >= 0.6 is 11.6 Å². The lowest BCUT2D eigenvalue weighted by atomic mass is 9.99. The maximum Gasteiger partial charge on any atom is 0.303 e. The number of ether oxygens (including phenoxy) is 1. The number of aromatic nitrogens is 1. The Labute approximate surface area is 164 Å². The highest BCUT2D eigenvalue weighted by Crippen LogP contribution is 2.26. The van der Waals surface area contributed by atoms with Crippen LogP contribution in [0.3, 0.4) is 0 Å². The third kappa shape index (κ3) is 4.52. The average molecular weight is 384 g/mol. The predicted octanol–water partition coefficient (Wildman–Crippen LogP) is 5.34. The molecule has 0 bridgehead atoms. The number of carboxylic acid groups (broad SMARTS) is 1. The maximum atomic E-state index is 10.8. The Hall–Kier alpha value is -2.72. The van der Waals surface area contributed by atoms with Crippen LogP contribution in [-0.2, 0) is 17.8 Å². The molecule has 0 fully saturated rings. The summed E-state index contributed by atoms with van der Waals surface area (Å²) in [5.74, 6) is 0.0331. The number of hydrogen-bond acceptors (Lipinski definition) is 2. The van der Waals surface area contributed by atoms with E-state index in [1.165, 1.54) is 0 Å². The smallest absolute Gasteiger partial charge is 0.303 e. The van der Waals surface area contributed by atoms with Crippen LogP contribution < -0.4 is 4.74 Å². The van der Waals surface area contributed by atoms with Gasteiger partial charge in [0.25, 0.3) is 0 Å². The summed E-state index contributed by atoms with van der Waals surface area (Å²) < 4.78 is 8.13. The zero-order valence-corrected chi connectivity index (χ0v) is 16.2. The zero-order valence-electron chi connectivity index (χ0n) is 15.4. The molecule has 2 aromatic carbocycles. The van der Waals surface area contributed by atoms with E-state index >= 15 is 0 Å². The molecule has 3 aromatic rings. The summed E-state index contributed by atoms with van der Waals surface area (Å²) in [5.41, 5.74) is 5.24. The van der Waals surface area contributed by atoms with Gasteiger partial charge in [-0.25, -0.2) is 0 Å². The molecule has 0 aliphatic rings. The van der Waals surface area contributed by atoms with Crippen molar-refractivity contribution in [3.05, 3.63) is 82.1 Å². The largest absolute Gasteiger partial charge is 0.487 e. The number of halogens is 1. The second-order valence-corrected chi connectivity index (χ2v) is 6.94. The molecule has 0 aliphatic carbocycles. The van der Waals surface area contributed by atoms with Crippen molar-refractivity contribution in [2.24, 2.45) is 0 Å². The fraction of sp³-hybridized carbons (Fsp3) is 0.227. The van der Waals surface area contributed by atoms with Crippen molar-refractivity contribution in [3.8, 4) is 11.4 Å². The number of benzene rings is 2. The topological polar surface area (TPSA) is 51.5 Å². The van der Waals surface area contributed by atoms with E-state index in [-0.39, 0.29) is 6.42 Å². The summed E-state index contributed by atoms with van der Waals surface area (Å²) in [6, 6.07) is 15.6. The first-order chi connectivity index (χ1) is 13.0. The summed E-state index contributed by atoms with van der Waals surface area (Å²) >= 11 is 5.97. The van der Waals surface area contributed by atoms with E-state index in [1.54, 1.807) is 0 Å². The highest BCUT2D eigenvalue weighted by molar-refractivity contribution is 6.30. The van der Waals surface area contributed by atoms with E-state index in [0.717, 1.165) is 33.8 Å². The van der Waals surface area contributed by atoms with Crippen LogP contribution in [0.5, 0.6) is 5.75 Å². The van der Waals surface area contributed by atoms with Crippen molar-refractivity contribution < 1.29 is 14.6 Å². The van der Waals surface area contributed by atoms with Gasteiger partial charge in [-0.1, -0.05) is 17.7 Å². The van der Waals surface area contributed by atoms with E-state index in [2.05, 4.69) is 4.57 Å². The van der Waals surface area contributed by atoms with Gasteiger partial charge in [0.1, 0.15) is 12.4 Å². The van der Waals surface area contributed by atoms with Gasteiger partial charge >= 0.3 is 5.97 Å². The Morgan fingerprint density at radius 3 is 2.52 bits per heavy atom. The molecule has 1 heterocycles.